The summed E-state index contributed by atoms with van der Waals surface area (Å²) >= 11 is 0. The maximum absolute atomic E-state index is 12.3. The Labute approximate surface area is 244 Å². The fourth-order valence-corrected chi connectivity index (χ4v) is 10.2. The van der Waals surface area contributed by atoms with Crippen molar-refractivity contribution in [1.29, 1.82) is 0 Å². The molecule has 226 valence electrons. The lowest BCUT2D eigenvalue weighted by molar-refractivity contribution is -0.0541. The first-order valence-electron chi connectivity index (χ1n) is 16.8. The number of aliphatic imine (C=N–C) groups is 1. The minimum absolute atomic E-state index is 0.115. The molecule has 5 heteroatoms. The molecule has 40 heavy (non-hydrogen) atoms. The number of unbranched alkanes of at least 4 members (excludes halogenated alkanes) is 3. The number of amides is 1. The molecule has 0 saturated heterocycles. The highest BCUT2D eigenvalue weighted by Crippen LogP contribution is 2.67. The van der Waals surface area contributed by atoms with Gasteiger partial charge in [-0.15, -0.1) is 0 Å². The Balaban J connectivity index is 1.37. The van der Waals surface area contributed by atoms with Crippen LogP contribution in [0.1, 0.15) is 131 Å². The number of fused-ring (bicyclic) bond motifs is 5. The Morgan fingerprint density at radius 3 is 2.52 bits per heavy atom. The van der Waals surface area contributed by atoms with Gasteiger partial charge in [-0.25, -0.2) is 14.6 Å². The molecule has 0 unspecified atom stereocenters. The quantitative estimate of drug-likeness (QED) is 0.107. The molecule has 0 aromatic carbocycles. The van der Waals surface area contributed by atoms with Crippen LogP contribution in [0.3, 0.4) is 0 Å². The molecule has 0 aliphatic heterocycles. The summed E-state index contributed by atoms with van der Waals surface area (Å²) in [6.07, 6.45) is 21.2. The van der Waals surface area contributed by atoms with E-state index in [4.69, 9.17) is 0 Å². The largest absolute Gasteiger partial charge is 0.465 e. The molecule has 3 fully saturated rings. The number of carboxylic acid groups (broad SMARTS) is 1. The summed E-state index contributed by atoms with van der Waals surface area (Å²) in [6, 6.07) is 0.115. The van der Waals surface area contributed by atoms with Crippen LogP contribution in [0.5, 0.6) is 0 Å². The zero-order valence-corrected chi connectivity index (χ0v) is 26.3. The van der Waals surface area contributed by atoms with E-state index in [-0.39, 0.29) is 11.5 Å². The van der Waals surface area contributed by atoms with Crippen molar-refractivity contribution in [2.24, 2.45) is 51.3 Å². The summed E-state index contributed by atoms with van der Waals surface area (Å²) < 4.78 is 0. The minimum Gasteiger partial charge on any atom is -0.465 e. The number of carbonyl (C=O) groups excluding carboxylic acids is 1. The first-order valence-corrected chi connectivity index (χ1v) is 16.8. The molecule has 3 saturated carbocycles. The van der Waals surface area contributed by atoms with E-state index < -0.39 is 6.09 Å². The molecular weight excluding hydrogens is 496 g/mol. The third-order valence-electron chi connectivity index (χ3n) is 12.4. The van der Waals surface area contributed by atoms with Crippen molar-refractivity contribution in [3.05, 3.63) is 11.6 Å². The first-order chi connectivity index (χ1) is 19.1. The van der Waals surface area contributed by atoms with E-state index in [1.54, 1.807) is 16.6 Å². The number of hydrogen-bond donors (Lipinski definition) is 1. The first kappa shape index (κ1) is 31.3. The lowest BCUT2D eigenvalue weighted by Crippen LogP contribution is -2.52. The van der Waals surface area contributed by atoms with Crippen molar-refractivity contribution in [2.45, 2.75) is 137 Å². The van der Waals surface area contributed by atoms with Crippen LogP contribution in [-0.4, -0.2) is 41.3 Å². The van der Waals surface area contributed by atoms with Gasteiger partial charge in [0.05, 0.1) is 6.54 Å². The fourth-order valence-electron chi connectivity index (χ4n) is 10.2. The van der Waals surface area contributed by atoms with E-state index in [1.165, 1.54) is 51.4 Å². The highest BCUT2D eigenvalue weighted by molar-refractivity contribution is 5.65. The van der Waals surface area contributed by atoms with E-state index in [0.717, 1.165) is 80.5 Å². The van der Waals surface area contributed by atoms with Crippen molar-refractivity contribution in [3.8, 4) is 0 Å². The molecule has 4 rings (SSSR count). The smallest absolute Gasteiger partial charge is 0.407 e. The van der Waals surface area contributed by atoms with Crippen molar-refractivity contribution >= 4 is 12.2 Å². The summed E-state index contributed by atoms with van der Waals surface area (Å²) in [5.74, 6) is 5.00. The molecule has 0 aromatic rings. The molecule has 0 radical (unpaired) electrons. The highest BCUT2D eigenvalue weighted by Gasteiger charge is 2.59. The molecule has 4 aliphatic carbocycles. The number of hydrogen-bond acceptors (Lipinski definition) is 3. The molecule has 0 bridgehead atoms. The topological polar surface area (TPSA) is 70.0 Å². The SMILES string of the molecule is CC(C)CCC[C@@H](C)[C@H]1CC[C@H]2[C@@H]3CC=C4C[C@@H](N(CCCCCCN=C=O)C(=O)O)CC[C@]4(C)[C@H]3CC[C@]12C. The molecule has 0 spiro atoms. The van der Waals surface area contributed by atoms with Gasteiger partial charge in [-0.3, -0.25) is 0 Å². The van der Waals surface area contributed by atoms with Gasteiger partial charge >= 0.3 is 6.09 Å². The normalized spacial score (nSPS) is 35.6. The van der Waals surface area contributed by atoms with Gasteiger partial charge in [0.1, 0.15) is 0 Å². The predicted octanol–water partition coefficient (Wildman–Crippen LogP) is 9.27. The predicted molar refractivity (Wildman–Crippen MR) is 163 cm³/mol. The maximum atomic E-state index is 12.3. The zero-order chi connectivity index (χ0) is 28.9. The number of carbonyl (C=O) groups is 1. The Morgan fingerprint density at radius 1 is 1.02 bits per heavy atom. The van der Waals surface area contributed by atoms with E-state index in [9.17, 15) is 14.7 Å². The van der Waals surface area contributed by atoms with Gasteiger partial charge < -0.3 is 10.0 Å². The van der Waals surface area contributed by atoms with Crippen molar-refractivity contribution < 1.29 is 14.7 Å². The second-order valence-corrected chi connectivity index (χ2v) is 15.0. The Hall–Kier alpha value is -1.61. The Kier molecular flexibility index (Phi) is 10.6. The van der Waals surface area contributed by atoms with Crippen molar-refractivity contribution in [2.75, 3.05) is 13.1 Å². The van der Waals surface area contributed by atoms with Gasteiger partial charge in [0.2, 0.25) is 6.08 Å². The van der Waals surface area contributed by atoms with Gasteiger partial charge in [-0.05, 0) is 111 Å². The number of nitrogens with zero attached hydrogens (tertiary/aromatic N) is 2. The van der Waals surface area contributed by atoms with Crippen LogP contribution >= 0.6 is 0 Å². The third-order valence-corrected chi connectivity index (χ3v) is 12.4. The third kappa shape index (κ3) is 6.55. The van der Waals surface area contributed by atoms with Crippen LogP contribution in [-0.2, 0) is 4.79 Å². The van der Waals surface area contributed by atoms with E-state index in [0.29, 0.717) is 18.5 Å². The molecule has 5 nitrogen and oxygen atoms in total. The van der Waals surface area contributed by atoms with Crippen LogP contribution in [0.2, 0.25) is 0 Å². The maximum Gasteiger partial charge on any atom is 0.407 e. The monoisotopic (exact) mass is 554 g/mol. The van der Waals surface area contributed by atoms with Crippen LogP contribution in [0.25, 0.3) is 0 Å². The Bertz CT molecular complexity index is 939. The summed E-state index contributed by atoms with van der Waals surface area (Å²) in [5, 5.41) is 10.1. The van der Waals surface area contributed by atoms with Crippen LogP contribution in [0.4, 0.5) is 4.79 Å². The standard InChI is InChI=1S/C35H58N2O3/c1-25(2)11-10-12-26(3)30-15-16-31-29-14-13-27-23-28(17-19-34(27,4)32(29)18-20-35(30,31)5)37(33(39)40)22-9-7-6-8-21-36-24-38/h13,25-26,28-32H,6-12,14-23H2,1-5H3,(H,39,40)/t26-,28+,29+,30-,31+,32+,34+,35-/m1/s1. The van der Waals surface area contributed by atoms with E-state index >= 15 is 0 Å². The van der Waals surface area contributed by atoms with Gasteiger partial charge in [0.25, 0.3) is 0 Å². The number of allylic oxidation sites excluding steroid dienone is 1. The van der Waals surface area contributed by atoms with Gasteiger partial charge in [0, 0.05) is 12.6 Å². The molecule has 0 aromatic heterocycles. The van der Waals surface area contributed by atoms with Crippen LogP contribution in [0, 0.1) is 46.3 Å². The average molecular weight is 555 g/mol. The molecule has 4 aliphatic rings. The van der Waals surface area contributed by atoms with Gasteiger partial charge in [0.15, 0.2) is 0 Å². The van der Waals surface area contributed by atoms with Crippen LogP contribution < -0.4 is 0 Å². The lowest BCUT2D eigenvalue weighted by Gasteiger charge is -2.59. The summed E-state index contributed by atoms with van der Waals surface area (Å²) in [4.78, 5) is 27.8. The Morgan fingerprint density at radius 2 is 1.80 bits per heavy atom. The summed E-state index contributed by atoms with van der Waals surface area (Å²) in [7, 11) is 0. The fraction of sp³-hybridized carbons (Fsp3) is 0.886. The molecule has 1 amide bonds. The second kappa shape index (κ2) is 13.6. The van der Waals surface area contributed by atoms with E-state index in [1.807, 2.05) is 0 Å². The molecule has 1 N–H and O–H groups in total. The molecule has 8 atom stereocenters. The van der Waals surface area contributed by atoms with Crippen molar-refractivity contribution in [1.82, 2.24) is 4.90 Å². The highest BCUT2D eigenvalue weighted by atomic mass is 16.4. The zero-order valence-electron chi connectivity index (χ0n) is 26.3. The second-order valence-electron chi connectivity index (χ2n) is 15.0. The van der Waals surface area contributed by atoms with Gasteiger partial charge in [-0.2, -0.15) is 0 Å². The van der Waals surface area contributed by atoms with Gasteiger partial charge in [-0.1, -0.05) is 78.4 Å². The lowest BCUT2D eigenvalue weighted by atomic mass is 9.46. The average Bonchev–Trinajstić information content (AvgIpc) is 3.27. The molecule has 0 heterocycles. The molecular formula is C35H58N2O3. The number of rotatable bonds is 13. The van der Waals surface area contributed by atoms with E-state index in [2.05, 4.69) is 45.7 Å². The number of isocyanates is 1. The summed E-state index contributed by atoms with van der Waals surface area (Å²) in [5.41, 5.74) is 2.34. The van der Waals surface area contributed by atoms with Crippen LogP contribution in [0.15, 0.2) is 16.6 Å². The summed E-state index contributed by atoms with van der Waals surface area (Å²) in [6.45, 7) is 13.6. The minimum atomic E-state index is -0.763. The van der Waals surface area contributed by atoms with Crippen molar-refractivity contribution in [3.63, 3.8) is 0 Å².